The summed E-state index contributed by atoms with van der Waals surface area (Å²) in [5, 5.41) is 8.83. The molecule has 0 aromatic rings. The number of alkyl halides is 3. The van der Waals surface area contributed by atoms with Gasteiger partial charge < -0.3 is 9.84 Å². The van der Waals surface area contributed by atoms with Gasteiger partial charge in [0.05, 0.1) is 11.7 Å². The summed E-state index contributed by atoms with van der Waals surface area (Å²) in [4.78, 5) is 10.9. The minimum Gasteiger partial charge on any atom is -0.478 e. The maximum absolute atomic E-state index is 13.1. The third-order valence-electron chi connectivity index (χ3n) is 3.67. The van der Waals surface area contributed by atoms with Crippen LogP contribution >= 0.6 is 0 Å². The van der Waals surface area contributed by atoms with Crippen LogP contribution in [0.3, 0.4) is 0 Å². The van der Waals surface area contributed by atoms with Gasteiger partial charge in [0.1, 0.15) is 0 Å². The molecule has 0 fully saturated rings. The SMILES string of the molecule is C=C(C(=O)O)C(OC1C=CC2=CC=CCC=C2C=C1C)C(F)(F)F. The smallest absolute Gasteiger partial charge is 0.419 e. The number of hydrogen-bond acceptors (Lipinski definition) is 2. The van der Waals surface area contributed by atoms with Crippen LogP contribution in [0, 0.1) is 0 Å². The van der Waals surface area contributed by atoms with E-state index in [4.69, 9.17) is 9.84 Å². The average Bonchev–Trinajstić information content (AvgIpc) is 2.77. The highest BCUT2D eigenvalue weighted by molar-refractivity contribution is 5.87. The molecule has 0 aromatic heterocycles. The van der Waals surface area contributed by atoms with E-state index >= 15 is 0 Å². The zero-order chi connectivity index (χ0) is 17.9. The maximum atomic E-state index is 13.1. The lowest BCUT2D eigenvalue weighted by molar-refractivity contribution is -0.213. The molecule has 2 unspecified atom stereocenters. The second-order valence-corrected chi connectivity index (χ2v) is 5.50. The molecular formula is C18H17F3O3. The quantitative estimate of drug-likeness (QED) is 0.779. The molecule has 0 amide bonds. The Morgan fingerprint density at radius 3 is 2.75 bits per heavy atom. The van der Waals surface area contributed by atoms with Crippen molar-refractivity contribution in [2.45, 2.75) is 31.7 Å². The predicted molar refractivity (Wildman–Crippen MR) is 84.3 cm³/mol. The molecule has 0 saturated heterocycles. The van der Waals surface area contributed by atoms with Crippen molar-refractivity contribution in [2.75, 3.05) is 0 Å². The Kier molecular flexibility index (Phi) is 5.29. The number of hydrogen-bond donors (Lipinski definition) is 1. The van der Waals surface area contributed by atoms with Gasteiger partial charge in [-0.15, -0.1) is 0 Å². The lowest BCUT2D eigenvalue weighted by Crippen LogP contribution is -2.38. The molecule has 0 saturated carbocycles. The lowest BCUT2D eigenvalue weighted by Gasteiger charge is -2.25. The number of carboxylic acids is 1. The second-order valence-electron chi connectivity index (χ2n) is 5.50. The van der Waals surface area contributed by atoms with Gasteiger partial charge >= 0.3 is 12.1 Å². The van der Waals surface area contributed by atoms with Crippen molar-refractivity contribution in [2.24, 2.45) is 0 Å². The molecule has 24 heavy (non-hydrogen) atoms. The van der Waals surface area contributed by atoms with E-state index in [1.807, 2.05) is 24.3 Å². The summed E-state index contributed by atoms with van der Waals surface area (Å²) >= 11 is 0. The van der Waals surface area contributed by atoms with Crippen molar-refractivity contribution >= 4 is 5.97 Å². The van der Waals surface area contributed by atoms with Crippen molar-refractivity contribution in [1.29, 1.82) is 0 Å². The van der Waals surface area contributed by atoms with Gasteiger partial charge in [-0.05, 0) is 30.1 Å². The molecule has 0 heterocycles. The highest BCUT2D eigenvalue weighted by Crippen LogP contribution is 2.32. The van der Waals surface area contributed by atoms with Gasteiger partial charge in [0, 0.05) is 0 Å². The zero-order valence-electron chi connectivity index (χ0n) is 13.0. The highest BCUT2D eigenvalue weighted by Gasteiger charge is 2.46. The fraction of sp³-hybridized carbons (Fsp3) is 0.278. The normalized spacial score (nSPS) is 21.7. The highest BCUT2D eigenvalue weighted by atomic mass is 19.4. The molecule has 0 bridgehead atoms. The molecule has 2 atom stereocenters. The van der Waals surface area contributed by atoms with Crippen LogP contribution in [-0.4, -0.2) is 29.5 Å². The van der Waals surface area contributed by atoms with Crippen molar-refractivity contribution < 1.29 is 27.8 Å². The molecule has 0 aromatic carbocycles. The largest absolute Gasteiger partial charge is 0.478 e. The van der Waals surface area contributed by atoms with E-state index < -0.39 is 29.9 Å². The van der Waals surface area contributed by atoms with Crippen LogP contribution in [0.25, 0.3) is 0 Å². The lowest BCUT2D eigenvalue weighted by atomic mass is 10.0. The van der Waals surface area contributed by atoms with Crippen molar-refractivity contribution in [1.82, 2.24) is 0 Å². The molecule has 2 aliphatic carbocycles. The van der Waals surface area contributed by atoms with E-state index in [1.54, 1.807) is 19.1 Å². The van der Waals surface area contributed by atoms with E-state index in [1.165, 1.54) is 6.08 Å². The van der Waals surface area contributed by atoms with Crippen LogP contribution in [0.5, 0.6) is 0 Å². The van der Waals surface area contributed by atoms with Gasteiger partial charge in [0.2, 0.25) is 0 Å². The molecule has 0 spiro atoms. The first-order valence-corrected chi connectivity index (χ1v) is 7.28. The van der Waals surface area contributed by atoms with Crippen molar-refractivity contribution in [3.8, 4) is 0 Å². The standard InChI is InChI=1S/C18H17F3O3/c1-11-10-14-7-5-3-4-6-13(14)8-9-15(11)24-16(18(19,20)21)12(2)17(22)23/h3-4,6-10,15-16H,2,5H2,1H3,(H,22,23). The average molecular weight is 338 g/mol. The number of allylic oxidation sites excluding steroid dienone is 8. The first-order valence-electron chi connectivity index (χ1n) is 7.28. The van der Waals surface area contributed by atoms with E-state index in [2.05, 4.69) is 6.58 Å². The minimum atomic E-state index is -4.86. The minimum absolute atomic E-state index is 0.551. The number of halogens is 3. The maximum Gasteiger partial charge on any atom is 0.419 e. The Morgan fingerprint density at radius 2 is 2.12 bits per heavy atom. The van der Waals surface area contributed by atoms with Crippen molar-refractivity contribution in [3.05, 3.63) is 71.4 Å². The van der Waals surface area contributed by atoms with Gasteiger partial charge in [-0.2, -0.15) is 13.2 Å². The molecule has 0 radical (unpaired) electrons. The Morgan fingerprint density at radius 1 is 1.42 bits per heavy atom. The number of rotatable bonds is 4. The third-order valence-corrected chi connectivity index (χ3v) is 3.67. The molecule has 2 rings (SSSR count). The van der Waals surface area contributed by atoms with E-state index in [9.17, 15) is 18.0 Å². The molecular weight excluding hydrogens is 321 g/mol. The monoisotopic (exact) mass is 338 g/mol. The summed E-state index contributed by atoms with van der Waals surface area (Å²) in [6.45, 7) is 4.65. The first kappa shape index (κ1) is 18.0. The summed E-state index contributed by atoms with van der Waals surface area (Å²) in [5.41, 5.74) is 1.26. The van der Waals surface area contributed by atoms with Crippen LogP contribution < -0.4 is 0 Å². The number of fused-ring (bicyclic) bond motifs is 1. The summed E-state index contributed by atoms with van der Waals surface area (Å²) in [5.74, 6) is -1.74. The first-order chi connectivity index (χ1) is 11.2. The van der Waals surface area contributed by atoms with Crippen LogP contribution in [0.1, 0.15) is 13.3 Å². The van der Waals surface area contributed by atoms with Crippen LogP contribution in [-0.2, 0) is 9.53 Å². The molecule has 6 heteroatoms. The molecule has 0 aliphatic heterocycles. The fourth-order valence-electron chi connectivity index (χ4n) is 2.39. The van der Waals surface area contributed by atoms with Gasteiger partial charge in [0.15, 0.2) is 6.10 Å². The van der Waals surface area contributed by atoms with Gasteiger partial charge in [0.25, 0.3) is 0 Å². The van der Waals surface area contributed by atoms with Crippen LogP contribution in [0.15, 0.2) is 71.4 Å². The topological polar surface area (TPSA) is 46.5 Å². The van der Waals surface area contributed by atoms with Gasteiger partial charge in [-0.25, -0.2) is 4.79 Å². The Hall–Kier alpha value is -2.34. The van der Waals surface area contributed by atoms with E-state index in [-0.39, 0.29) is 0 Å². The summed E-state index contributed by atoms with van der Waals surface area (Å²) < 4.78 is 44.5. The van der Waals surface area contributed by atoms with Crippen LogP contribution in [0.2, 0.25) is 0 Å². The summed E-state index contributed by atoms with van der Waals surface area (Å²) in [6, 6.07) is 0. The third kappa shape index (κ3) is 4.14. The number of carbonyl (C=O) groups is 1. The van der Waals surface area contributed by atoms with Crippen molar-refractivity contribution in [3.63, 3.8) is 0 Å². The van der Waals surface area contributed by atoms with Crippen LogP contribution in [0.4, 0.5) is 13.2 Å². The number of ether oxygens (including phenoxy) is 1. The Bertz CT molecular complexity index is 691. The fourth-order valence-corrected chi connectivity index (χ4v) is 2.39. The molecule has 1 N–H and O–H groups in total. The van der Waals surface area contributed by atoms with Gasteiger partial charge in [-0.1, -0.05) is 49.1 Å². The second kappa shape index (κ2) is 7.05. The van der Waals surface area contributed by atoms with E-state index in [0.717, 1.165) is 17.6 Å². The number of carboxylic acid groups (broad SMARTS) is 1. The summed E-state index contributed by atoms with van der Waals surface area (Å²) in [6.07, 6.45) is 4.88. The molecule has 3 nitrogen and oxygen atoms in total. The molecule has 128 valence electrons. The Labute approximate surface area is 137 Å². The number of aliphatic carboxylic acids is 1. The summed E-state index contributed by atoms with van der Waals surface area (Å²) in [7, 11) is 0. The Balaban J connectivity index is 2.32. The predicted octanol–water partition coefficient (Wildman–Crippen LogP) is 4.27. The zero-order valence-corrected chi connectivity index (χ0v) is 13.0. The van der Waals surface area contributed by atoms with E-state index in [0.29, 0.717) is 5.57 Å². The molecule has 2 aliphatic rings. The van der Waals surface area contributed by atoms with Gasteiger partial charge in [-0.3, -0.25) is 0 Å².